The molecular weight excluding hydrogens is 615 g/mol. The minimum absolute atomic E-state index is 0.512. The fourth-order valence-corrected chi connectivity index (χ4v) is 6.95. The average Bonchev–Trinajstić information content (AvgIpc) is 3.74. The molecule has 0 radical (unpaired) electrons. The Hall–Kier alpha value is -6.92. The lowest BCUT2D eigenvalue weighted by Gasteiger charge is -2.11. The van der Waals surface area contributed by atoms with E-state index in [4.69, 9.17) is 24.4 Å². The first-order chi connectivity index (χ1) is 24.8. The summed E-state index contributed by atoms with van der Waals surface area (Å²) in [4.78, 5) is 20.0. The molecule has 6 aromatic carbocycles. The molecule has 0 amide bonds. The maximum atomic E-state index is 6.43. The number of aromatic nitrogens is 5. The molecule has 10 aromatic rings. The third kappa shape index (κ3) is 4.58. The van der Waals surface area contributed by atoms with Gasteiger partial charge in [0.2, 0.25) is 0 Å². The van der Waals surface area contributed by atoms with Crippen LogP contribution in [-0.2, 0) is 0 Å². The van der Waals surface area contributed by atoms with Crippen LogP contribution in [-0.4, -0.2) is 24.5 Å². The van der Waals surface area contributed by atoms with Crippen LogP contribution in [0.4, 0.5) is 0 Å². The minimum Gasteiger partial charge on any atom is -0.455 e. The van der Waals surface area contributed by atoms with Crippen LogP contribution in [0, 0.1) is 0 Å². The van der Waals surface area contributed by atoms with Gasteiger partial charge in [0, 0.05) is 38.2 Å². The summed E-state index contributed by atoms with van der Waals surface area (Å²) in [5.74, 6) is 2.49. The zero-order valence-electron chi connectivity index (χ0n) is 26.7. The van der Waals surface area contributed by atoms with Crippen LogP contribution in [0.1, 0.15) is 0 Å². The molecule has 6 nitrogen and oxygen atoms in total. The molecule has 0 saturated carbocycles. The van der Waals surface area contributed by atoms with Crippen LogP contribution in [0.15, 0.2) is 168 Å². The lowest BCUT2D eigenvalue weighted by molar-refractivity contribution is 0.670. The van der Waals surface area contributed by atoms with E-state index >= 15 is 0 Å². The van der Waals surface area contributed by atoms with E-state index in [9.17, 15) is 0 Å². The fourth-order valence-electron chi connectivity index (χ4n) is 6.95. The van der Waals surface area contributed by atoms with Gasteiger partial charge in [-0.25, -0.2) is 19.9 Å². The normalized spacial score (nSPS) is 11.6. The minimum atomic E-state index is 0.512. The molecule has 0 atom stereocenters. The fraction of sp³-hybridized carbons (Fsp3) is 0. The van der Waals surface area contributed by atoms with E-state index in [-0.39, 0.29) is 0 Å². The molecule has 234 valence electrons. The zero-order valence-corrected chi connectivity index (χ0v) is 26.7. The Labute approximate surface area is 287 Å². The van der Waals surface area contributed by atoms with Gasteiger partial charge in [-0.05, 0) is 35.9 Å². The van der Waals surface area contributed by atoms with Crippen LogP contribution in [0.5, 0.6) is 0 Å². The van der Waals surface area contributed by atoms with Gasteiger partial charge in [0.1, 0.15) is 22.7 Å². The van der Waals surface area contributed by atoms with Crippen LogP contribution in [0.25, 0.3) is 95.0 Å². The van der Waals surface area contributed by atoms with Gasteiger partial charge in [-0.3, -0.25) is 4.57 Å². The van der Waals surface area contributed by atoms with Gasteiger partial charge in [-0.2, -0.15) is 0 Å². The first-order valence-electron chi connectivity index (χ1n) is 16.6. The quantitative estimate of drug-likeness (QED) is 0.187. The van der Waals surface area contributed by atoms with E-state index < -0.39 is 0 Å². The molecule has 50 heavy (non-hydrogen) atoms. The SMILES string of the molecule is c1ccc(-c2nc(-c3ccccc3)nc(-c3cccc(-n4c5ccccc5c5ccc(-c6cccc7c6oc6ccccc67)cc54)n3)n2)cc1. The maximum absolute atomic E-state index is 6.43. The number of hydrogen-bond acceptors (Lipinski definition) is 5. The van der Waals surface area contributed by atoms with Crippen LogP contribution in [0.3, 0.4) is 0 Å². The monoisotopic (exact) mass is 641 g/mol. The number of benzene rings is 6. The Morgan fingerprint density at radius 1 is 0.400 bits per heavy atom. The molecule has 10 rings (SSSR count). The van der Waals surface area contributed by atoms with Gasteiger partial charge in [-0.1, -0.05) is 133 Å². The molecule has 0 saturated heterocycles. The van der Waals surface area contributed by atoms with Crippen LogP contribution in [0.2, 0.25) is 0 Å². The largest absolute Gasteiger partial charge is 0.455 e. The molecule has 0 N–H and O–H groups in total. The van der Waals surface area contributed by atoms with Gasteiger partial charge >= 0.3 is 0 Å². The van der Waals surface area contributed by atoms with Gasteiger partial charge in [0.05, 0.1) is 11.0 Å². The standard InChI is InChI=1S/C44H27N5O/c1-3-13-28(14-4-1)42-46-43(29-15-5-2-6-16-29)48-44(47-42)36-21-12-24-40(45-36)49-37-22-9-7-17-32(37)33-26-25-30(27-38(33)49)31-19-11-20-35-34-18-8-10-23-39(34)50-41(31)35/h1-27H. The summed E-state index contributed by atoms with van der Waals surface area (Å²) in [6.07, 6.45) is 0. The summed E-state index contributed by atoms with van der Waals surface area (Å²) in [5.41, 5.74) is 8.49. The third-order valence-corrected chi connectivity index (χ3v) is 9.28. The number of rotatable bonds is 5. The van der Waals surface area contributed by atoms with Crippen LogP contribution < -0.4 is 0 Å². The number of pyridine rings is 1. The van der Waals surface area contributed by atoms with Crippen molar-refractivity contribution in [2.45, 2.75) is 0 Å². The lowest BCUT2D eigenvalue weighted by atomic mass is 10.0. The molecule has 0 fully saturated rings. The zero-order chi connectivity index (χ0) is 33.0. The Morgan fingerprint density at radius 3 is 1.80 bits per heavy atom. The summed E-state index contributed by atoms with van der Waals surface area (Å²) < 4.78 is 8.66. The molecule has 0 aliphatic carbocycles. The van der Waals surface area contributed by atoms with Crippen molar-refractivity contribution in [3.05, 3.63) is 164 Å². The highest BCUT2D eigenvalue weighted by Gasteiger charge is 2.18. The van der Waals surface area contributed by atoms with E-state index in [1.54, 1.807) is 0 Å². The van der Waals surface area contributed by atoms with Crippen molar-refractivity contribution in [3.63, 3.8) is 0 Å². The van der Waals surface area contributed by atoms with Crippen molar-refractivity contribution in [1.29, 1.82) is 0 Å². The number of nitrogens with zero attached hydrogens (tertiary/aromatic N) is 5. The van der Waals surface area contributed by atoms with E-state index in [1.165, 1.54) is 0 Å². The maximum Gasteiger partial charge on any atom is 0.182 e. The molecule has 0 spiro atoms. The molecule has 4 heterocycles. The molecule has 0 aliphatic rings. The second-order valence-electron chi connectivity index (χ2n) is 12.3. The van der Waals surface area contributed by atoms with Crippen molar-refractivity contribution in [3.8, 4) is 51.2 Å². The number of para-hydroxylation sites is 3. The predicted molar refractivity (Wildman–Crippen MR) is 201 cm³/mol. The molecule has 0 bridgehead atoms. The second-order valence-corrected chi connectivity index (χ2v) is 12.3. The number of furan rings is 1. The van der Waals surface area contributed by atoms with E-state index in [0.717, 1.165) is 71.8 Å². The van der Waals surface area contributed by atoms with Crippen molar-refractivity contribution in [2.24, 2.45) is 0 Å². The smallest absolute Gasteiger partial charge is 0.182 e. The van der Waals surface area contributed by atoms with Gasteiger partial charge < -0.3 is 4.42 Å². The van der Waals surface area contributed by atoms with Gasteiger partial charge in [0.15, 0.2) is 17.5 Å². The Bertz CT molecular complexity index is 2820. The highest BCUT2D eigenvalue weighted by atomic mass is 16.3. The summed E-state index contributed by atoms with van der Waals surface area (Å²) >= 11 is 0. The predicted octanol–water partition coefficient (Wildman–Crippen LogP) is 10.9. The number of hydrogen-bond donors (Lipinski definition) is 0. The van der Waals surface area contributed by atoms with Gasteiger partial charge in [0.25, 0.3) is 0 Å². The summed E-state index contributed by atoms with van der Waals surface area (Å²) in [7, 11) is 0. The summed E-state index contributed by atoms with van der Waals surface area (Å²) in [6, 6.07) is 55.7. The summed E-state index contributed by atoms with van der Waals surface area (Å²) in [6.45, 7) is 0. The highest BCUT2D eigenvalue weighted by molar-refractivity contribution is 6.12. The van der Waals surface area contributed by atoms with Crippen molar-refractivity contribution in [2.75, 3.05) is 0 Å². The molecule has 6 heteroatoms. The third-order valence-electron chi connectivity index (χ3n) is 9.28. The van der Waals surface area contributed by atoms with Gasteiger partial charge in [-0.15, -0.1) is 0 Å². The number of fused-ring (bicyclic) bond motifs is 6. The van der Waals surface area contributed by atoms with Crippen molar-refractivity contribution < 1.29 is 4.42 Å². The van der Waals surface area contributed by atoms with E-state index in [0.29, 0.717) is 23.2 Å². The molecule has 0 aliphatic heterocycles. The van der Waals surface area contributed by atoms with Crippen molar-refractivity contribution in [1.82, 2.24) is 24.5 Å². The Kier molecular flexibility index (Phi) is 6.39. The molecule has 4 aromatic heterocycles. The molecular formula is C44H27N5O. The Balaban J connectivity index is 1.17. The average molecular weight is 642 g/mol. The Morgan fingerprint density at radius 2 is 1.02 bits per heavy atom. The topological polar surface area (TPSA) is 69.6 Å². The second kappa shape index (κ2) is 11.4. The van der Waals surface area contributed by atoms with E-state index in [1.807, 2.05) is 91.0 Å². The van der Waals surface area contributed by atoms with Crippen LogP contribution >= 0.6 is 0 Å². The van der Waals surface area contributed by atoms with E-state index in [2.05, 4.69) is 77.4 Å². The lowest BCUT2D eigenvalue weighted by Crippen LogP contribution is -2.03. The van der Waals surface area contributed by atoms with Crippen molar-refractivity contribution >= 4 is 43.7 Å². The summed E-state index contributed by atoms with van der Waals surface area (Å²) in [5, 5.41) is 4.52. The first-order valence-corrected chi connectivity index (χ1v) is 16.6. The molecule has 0 unspecified atom stereocenters. The highest BCUT2D eigenvalue weighted by Crippen LogP contribution is 2.39. The first kappa shape index (κ1) is 28.1.